The SMILES string of the molecule is CNc1ccc2cc(S(=O)(=O)Nc3ncc[nH]3)ccc2n1. The molecule has 0 saturated carbocycles. The average Bonchev–Trinajstić information content (AvgIpc) is 2.98. The van der Waals surface area contributed by atoms with Gasteiger partial charge in [-0.05, 0) is 30.3 Å². The monoisotopic (exact) mass is 303 g/mol. The van der Waals surface area contributed by atoms with Crippen molar-refractivity contribution < 1.29 is 8.42 Å². The fraction of sp³-hybridized carbons (Fsp3) is 0.0769. The number of nitrogens with zero attached hydrogens (tertiary/aromatic N) is 2. The molecule has 0 atom stereocenters. The van der Waals surface area contributed by atoms with Crippen LogP contribution in [0.5, 0.6) is 0 Å². The van der Waals surface area contributed by atoms with E-state index in [4.69, 9.17) is 0 Å². The van der Waals surface area contributed by atoms with Gasteiger partial charge < -0.3 is 10.3 Å². The van der Waals surface area contributed by atoms with E-state index in [1.165, 1.54) is 12.3 Å². The molecule has 0 saturated heterocycles. The molecule has 21 heavy (non-hydrogen) atoms. The van der Waals surface area contributed by atoms with Crippen molar-refractivity contribution in [1.29, 1.82) is 0 Å². The van der Waals surface area contributed by atoms with Gasteiger partial charge in [-0.25, -0.2) is 23.1 Å². The fourth-order valence-electron chi connectivity index (χ4n) is 1.92. The topological polar surface area (TPSA) is 99.8 Å². The van der Waals surface area contributed by atoms with Crippen molar-refractivity contribution in [2.45, 2.75) is 4.90 Å². The Bertz CT molecular complexity index is 875. The van der Waals surface area contributed by atoms with Crippen LogP contribution in [-0.2, 0) is 10.0 Å². The van der Waals surface area contributed by atoms with Crippen LogP contribution in [0.4, 0.5) is 11.8 Å². The molecule has 0 fully saturated rings. The Kier molecular flexibility index (Phi) is 3.22. The summed E-state index contributed by atoms with van der Waals surface area (Å²) >= 11 is 0. The number of aromatic amines is 1. The van der Waals surface area contributed by atoms with Gasteiger partial charge in [-0.2, -0.15) is 0 Å². The van der Waals surface area contributed by atoms with E-state index in [-0.39, 0.29) is 10.8 Å². The highest BCUT2D eigenvalue weighted by molar-refractivity contribution is 7.92. The molecular weight excluding hydrogens is 290 g/mol. The minimum atomic E-state index is -3.68. The number of imidazole rings is 1. The Balaban J connectivity index is 2.00. The zero-order valence-corrected chi connectivity index (χ0v) is 12.0. The predicted molar refractivity (Wildman–Crippen MR) is 80.7 cm³/mol. The summed E-state index contributed by atoms with van der Waals surface area (Å²) in [5, 5.41) is 3.69. The highest BCUT2D eigenvalue weighted by Crippen LogP contribution is 2.20. The van der Waals surface area contributed by atoms with Crippen LogP contribution in [0.25, 0.3) is 10.9 Å². The van der Waals surface area contributed by atoms with Gasteiger partial charge >= 0.3 is 0 Å². The summed E-state index contributed by atoms with van der Waals surface area (Å²) in [6.45, 7) is 0. The summed E-state index contributed by atoms with van der Waals surface area (Å²) < 4.78 is 26.9. The lowest BCUT2D eigenvalue weighted by molar-refractivity contribution is 0.601. The van der Waals surface area contributed by atoms with Crippen molar-refractivity contribution in [2.24, 2.45) is 0 Å². The van der Waals surface area contributed by atoms with Gasteiger partial charge in [-0.3, -0.25) is 0 Å². The number of anilines is 2. The van der Waals surface area contributed by atoms with E-state index in [2.05, 4.69) is 25.0 Å². The molecule has 0 radical (unpaired) electrons. The summed E-state index contributed by atoms with van der Waals surface area (Å²) in [6.07, 6.45) is 3.02. The molecule has 0 aliphatic heterocycles. The van der Waals surface area contributed by atoms with Crippen LogP contribution in [-0.4, -0.2) is 30.4 Å². The molecule has 8 heteroatoms. The van der Waals surface area contributed by atoms with Crippen LogP contribution in [0.3, 0.4) is 0 Å². The van der Waals surface area contributed by atoms with Crippen LogP contribution in [0.1, 0.15) is 0 Å². The molecule has 0 bridgehead atoms. The molecule has 1 aromatic carbocycles. The van der Waals surface area contributed by atoms with Crippen molar-refractivity contribution >= 4 is 32.7 Å². The second kappa shape index (κ2) is 5.06. The maximum Gasteiger partial charge on any atom is 0.264 e. The molecule has 0 aliphatic rings. The van der Waals surface area contributed by atoms with E-state index < -0.39 is 10.0 Å². The van der Waals surface area contributed by atoms with Crippen molar-refractivity contribution in [3.05, 3.63) is 42.7 Å². The number of benzene rings is 1. The Labute approximate surface area is 121 Å². The molecule has 3 rings (SSSR count). The second-order valence-electron chi connectivity index (χ2n) is 4.34. The molecule has 7 nitrogen and oxygen atoms in total. The van der Waals surface area contributed by atoms with E-state index in [1.807, 2.05) is 6.07 Å². The molecule has 3 aromatic rings. The quantitative estimate of drug-likeness (QED) is 0.682. The van der Waals surface area contributed by atoms with Crippen LogP contribution in [0, 0.1) is 0 Å². The van der Waals surface area contributed by atoms with Crippen molar-refractivity contribution in [1.82, 2.24) is 15.0 Å². The first-order valence-electron chi connectivity index (χ1n) is 6.19. The van der Waals surface area contributed by atoms with Gasteiger partial charge in [-0.15, -0.1) is 0 Å². The standard InChI is InChI=1S/C13H13N5O2S/c1-14-12-5-2-9-8-10(3-4-11(9)17-12)21(19,20)18-13-15-6-7-16-13/h2-8H,1H3,(H,14,17)(H2,15,16,18). The molecule has 108 valence electrons. The number of hydrogen-bond acceptors (Lipinski definition) is 5. The number of hydrogen-bond donors (Lipinski definition) is 3. The number of sulfonamides is 1. The third-order valence-corrected chi connectivity index (χ3v) is 4.29. The summed E-state index contributed by atoms with van der Waals surface area (Å²) in [7, 11) is -1.90. The predicted octanol–water partition coefficient (Wildman–Crippen LogP) is 1.80. The third-order valence-electron chi connectivity index (χ3n) is 2.96. The molecule has 3 N–H and O–H groups in total. The Hall–Kier alpha value is -2.61. The molecule has 0 amide bonds. The van der Waals surface area contributed by atoms with E-state index in [1.54, 1.807) is 31.4 Å². The molecule has 2 aromatic heterocycles. The second-order valence-corrected chi connectivity index (χ2v) is 6.03. The maximum atomic E-state index is 12.3. The van der Waals surface area contributed by atoms with Crippen LogP contribution in [0.2, 0.25) is 0 Å². The minimum Gasteiger partial charge on any atom is -0.373 e. The Morgan fingerprint density at radius 2 is 2.05 bits per heavy atom. The van der Waals surface area contributed by atoms with Gasteiger partial charge in [0.15, 0.2) is 0 Å². The number of aromatic nitrogens is 3. The summed E-state index contributed by atoms with van der Waals surface area (Å²) in [5.74, 6) is 0.908. The van der Waals surface area contributed by atoms with Crippen LogP contribution < -0.4 is 10.0 Å². The zero-order valence-electron chi connectivity index (χ0n) is 11.2. The first-order valence-corrected chi connectivity index (χ1v) is 7.67. The van der Waals surface area contributed by atoms with Crippen molar-refractivity contribution in [3.8, 4) is 0 Å². The number of rotatable bonds is 4. The third kappa shape index (κ3) is 2.65. The zero-order chi connectivity index (χ0) is 14.9. The van der Waals surface area contributed by atoms with Gasteiger partial charge in [-0.1, -0.05) is 0 Å². The number of pyridine rings is 1. The summed E-state index contributed by atoms with van der Waals surface area (Å²) in [6, 6.07) is 8.37. The molecule has 2 heterocycles. The molecule has 0 unspecified atom stereocenters. The Morgan fingerprint density at radius 1 is 1.19 bits per heavy atom. The number of H-pyrrole nitrogens is 1. The van der Waals surface area contributed by atoms with E-state index >= 15 is 0 Å². The largest absolute Gasteiger partial charge is 0.373 e. The van der Waals surface area contributed by atoms with Gasteiger partial charge in [0.25, 0.3) is 10.0 Å². The van der Waals surface area contributed by atoms with Crippen molar-refractivity contribution in [3.63, 3.8) is 0 Å². The normalized spacial score (nSPS) is 11.5. The summed E-state index contributed by atoms with van der Waals surface area (Å²) in [4.78, 5) is 11.0. The van der Waals surface area contributed by atoms with Crippen molar-refractivity contribution in [2.75, 3.05) is 17.1 Å². The van der Waals surface area contributed by atoms with Crippen LogP contribution >= 0.6 is 0 Å². The maximum absolute atomic E-state index is 12.3. The molecule has 0 aliphatic carbocycles. The van der Waals surface area contributed by atoms with Gasteiger partial charge in [0.05, 0.1) is 10.4 Å². The number of fused-ring (bicyclic) bond motifs is 1. The first-order chi connectivity index (χ1) is 10.1. The highest BCUT2D eigenvalue weighted by Gasteiger charge is 2.16. The lowest BCUT2D eigenvalue weighted by Gasteiger charge is -2.07. The van der Waals surface area contributed by atoms with E-state index in [0.717, 1.165) is 16.7 Å². The average molecular weight is 303 g/mol. The molecule has 0 spiro atoms. The summed E-state index contributed by atoms with van der Waals surface area (Å²) in [5.41, 5.74) is 0.721. The lowest BCUT2D eigenvalue weighted by Crippen LogP contribution is -2.13. The first kappa shape index (κ1) is 13.4. The minimum absolute atomic E-state index is 0.158. The van der Waals surface area contributed by atoms with E-state index in [0.29, 0.717) is 0 Å². The van der Waals surface area contributed by atoms with Gasteiger partial charge in [0.2, 0.25) is 5.95 Å². The smallest absolute Gasteiger partial charge is 0.264 e. The van der Waals surface area contributed by atoms with Gasteiger partial charge in [0.1, 0.15) is 5.82 Å². The molecular formula is C13H13N5O2S. The van der Waals surface area contributed by atoms with Gasteiger partial charge in [0, 0.05) is 24.8 Å². The van der Waals surface area contributed by atoms with Crippen LogP contribution in [0.15, 0.2) is 47.6 Å². The highest BCUT2D eigenvalue weighted by atomic mass is 32.2. The lowest BCUT2D eigenvalue weighted by atomic mass is 10.2. The Morgan fingerprint density at radius 3 is 2.76 bits per heavy atom. The number of nitrogens with one attached hydrogen (secondary N) is 3. The fourth-order valence-corrected chi connectivity index (χ4v) is 2.93. The van der Waals surface area contributed by atoms with E-state index in [9.17, 15) is 8.42 Å².